The van der Waals surface area contributed by atoms with E-state index in [0.29, 0.717) is 39.8 Å². The van der Waals surface area contributed by atoms with E-state index in [9.17, 15) is 18.0 Å². The molecule has 0 radical (unpaired) electrons. The Kier molecular flexibility index (Phi) is 10.6. The maximum Gasteiger partial charge on any atom is 0.410 e. The average molecular weight is 673 g/mol. The second kappa shape index (κ2) is 14.6. The predicted octanol–water partition coefficient (Wildman–Crippen LogP) is 6.98. The Balaban J connectivity index is 1.27. The molecule has 3 aromatic carbocycles. The van der Waals surface area contributed by atoms with E-state index in [4.69, 9.17) is 32.7 Å². The van der Waals surface area contributed by atoms with Crippen LogP contribution >= 0.6 is 23.2 Å². The van der Waals surface area contributed by atoms with Crippen LogP contribution in [0.1, 0.15) is 47.3 Å². The first kappa shape index (κ1) is 32.7. The highest BCUT2D eigenvalue weighted by Crippen LogP contribution is 2.29. The third-order valence-corrected chi connectivity index (χ3v) is 9.75. The summed E-state index contributed by atoms with van der Waals surface area (Å²) < 4.78 is 41.8. The predicted molar refractivity (Wildman–Crippen MR) is 175 cm³/mol. The van der Waals surface area contributed by atoms with Crippen LogP contribution in [0.4, 0.5) is 4.79 Å². The molecule has 12 heteroatoms. The van der Waals surface area contributed by atoms with Crippen molar-refractivity contribution in [2.45, 2.75) is 51.8 Å². The Morgan fingerprint density at radius 3 is 2.53 bits per heavy atom. The first-order chi connectivity index (χ1) is 21.6. The molecule has 238 valence electrons. The molecule has 1 aliphatic heterocycles. The highest BCUT2D eigenvalue weighted by Gasteiger charge is 2.30. The minimum absolute atomic E-state index is 0.138. The summed E-state index contributed by atoms with van der Waals surface area (Å²) in [4.78, 5) is 28.1. The van der Waals surface area contributed by atoms with E-state index >= 15 is 0 Å². The zero-order valence-electron chi connectivity index (χ0n) is 24.9. The fourth-order valence-corrected chi connectivity index (χ4v) is 7.13. The van der Waals surface area contributed by atoms with Gasteiger partial charge in [0.1, 0.15) is 24.7 Å². The quantitative estimate of drug-likeness (QED) is 0.184. The normalized spacial score (nSPS) is 15.2. The molecule has 4 aromatic rings. The highest BCUT2D eigenvalue weighted by atomic mass is 35.5. The van der Waals surface area contributed by atoms with Crippen LogP contribution in [0.25, 0.3) is 10.9 Å². The molecule has 1 N–H and O–H groups in total. The van der Waals surface area contributed by atoms with E-state index in [1.807, 2.05) is 36.4 Å². The van der Waals surface area contributed by atoms with Gasteiger partial charge in [0.2, 0.25) is 10.0 Å². The Labute approximate surface area is 273 Å². The van der Waals surface area contributed by atoms with Gasteiger partial charge in [-0.15, -0.1) is 0 Å². The van der Waals surface area contributed by atoms with Crippen LogP contribution in [0, 0.1) is 6.92 Å². The second-order valence-electron chi connectivity index (χ2n) is 11.0. The molecule has 1 saturated heterocycles. The number of carbonyl (C=O) groups excluding carboxylic acids is 2. The van der Waals surface area contributed by atoms with Crippen molar-refractivity contribution in [1.29, 1.82) is 0 Å². The van der Waals surface area contributed by atoms with Gasteiger partial charge in [-0.05, 0) is 74.1 Å². The van der Waals surface area contributed by atoms with Crippen LogP contribution in [-0.2, 0) is 27.9 Å². The number of sulfonamides is 1. The van der Waals surface area contributed by atoms with E-state index < -0.39 is 22.0 Å². The number of benzene rings is 3. The molecule has 9 nitrogen and oxygen atoms in total. The fraction of sp³-hybridized carbons (Fsp3) is 0.333. The number of hydrogen-bond donors (Lipinski definition) is 1. The maximum absolute atomic E-state index is 13.6. The molecule has 0 unspecified atom stereocenters. The number of aromatic nitrogens is 1. The number of halogens is 2. The molecule has 1 aliphatic rings. The summed E-state index contributed by atoms with van der Waals surface area (Å²) in [5.41, 5.74) is 2.38. The van der Waals surface area contributed by atoms with Crippen LogP contribution in [0.2, 0.25) is 10.0 Å². The number of aryl methyl sites for hydroxylation is 1. The molecular weight excluding hydrogens is 637 g/mol. The monoisotopic (exact) mass is 671 g/mol. The van der Waals surface area contributed by atoms with Crippen molar-refractivity contribution in [3.63, 3.8) is 0 Å². The smallest absolute Gasteiger partial charge is 0.410 e. The third-order valence-electron chi connectivity index (χ3n) is 7.94. The van der Waals surface area contributed by atoms with Gasteiger partial charge in [-0.1, -0.05) is 65.7 Å². The Bertz CT molecular complexity index is 1780. The number of para-hydroxylation sites is 1. The van der Waals surface area contributed by atoms with E-state index in [0.717, 1.165) is 23.8 Å². The molecule has 45 heavy (non-hydrogen) atoms. The molecule has 2 heterocycles. The van der Waals surface area contributed by atoms with Gasteiger partial charge >= 0.3 is 6.09 Å². The SMILES string of the molecule is Cc1c(C(=O)NS(=O)(=O)CC[C@@H]2CCCCN2C(=O)OCc2ccccc2)n(CCOc2ccccc2Cl)c2ccc(Cl)cc12. The van der Waals surface area contributed by atoms with Crippen molar-refractivity contribution in [3.05, 3.63) is 99.7 Å². The van der Waals surface area contributed by atoms with E-state index in [1.54, 1.807) is 52.8 Å². The number of nitrogens with one attached hydrogen (secondary N) is 1. The molecule has 0 saturated carbocycles. The third kappa shape index (κ3) is 8.11. The van der Waals surface area contributed by atoms with Gasteiger partial charge in [0, 0.05) is 28.5 Å². The lowest BCUT2D eigenvalue weighted by Crippen LogP contribution is -2.45. The lowest BCUT2D eigenvalue weighted by Gasteiger charge is -2.34. The van der Waals surface area contributed by atoms with Gasteiger partial charge in [0.25, 0.3) is 5.91 Å². The highest BCUT2D eigenvalue weighted by molar-refractivity contribution is 7.90. The molecule has 1 atom stereocenters. The van der Waals surface area contributed by atoms with Gasteiger partial charge in [0.05, 0.1) is 17.3 Å². The number of amides is 2. The molecule has 1 aromatic heterocycles. The van der Waals surface area contributed by atoms with Crippen molar-refractivity contribution in [2.24, 2.45) is 0 Å². The first-order valence-electron chi connectivity index (χ1n) is 14.8. The number of ether oxygens (including phenoxy) is 2. The second-order valence-corrected chi connectivity index (χ2v) is 13.7. The van der Waals surface area contributed by atoms with Crippen molar-refractivity contribution >= 4 is 56.1 Å². The standard InChI is InChI=1S/C33H35Cl2N3O6S/c1-23-27-21-25(34)14-15-29(27)38(18-19-43-30-13-6-5-12-28(30)35)31(23)32(39)36-45(41,42)20-16-26-11-7-8-17-37(26)33(40)44-22-24-9-3-2-4-10-24/h2-6,9-10,12-15,21,26H,7-8,11,16-20,22H2,1H3,(H,36,39)/t26-/m0/s1. The van der Waals surface area contributed by atoms with Crippen LogP contribution < -0.4 is 9.46 Å². The van der Waals surface area contributed by atoms with Crippen molar-refractivity contribution in [3.8, 4) is 5.75 Å². The Morgan fingerprint density at radius 1 is 1.00 bits per heavy atom. The van der Waals surface area contributed by atoms with Crippen molar-refractivity contribution in [1.82, 2.24) is 14.2 Å². The molecule has 2 amide bonds. The molecule has 5 rings (SSSR count). The lowest BCUT2D eigenvalue weighted by atomic mass is 10.0. The first-order valence-corrected chi connectivity index (χ1v) is 17.2. The summed E-state index contributed by atoms with van der Waals surface area (Å²) in [6.45, 7) is 2.82. The number of carbonyl (C=O) groups is 2. The van der Waals surface area contributed by atoms with Crippen LogP contribution in [0.5, 0.6) is 5.75 Å². The summed E-state index contributed by atoms with van der Waals surface area (Å²) in [6, 6.07) is 21.4. The molecular formula is C33H35Cl2N3O6S. The summed E-state index contributed by atoms with van der Waals surface area (Å²) in [5, 5.41) is 1.69. The zero-order chi connectivity index (χ0) is 32.0. The van der Waals surface area contributed by atoms with Gasteiger partial charge < -0.3 is 18.9 Å². The zero-order valence-corrected chi connectivity index (χ0v) is 27.2. The minimum atomic E-state index is -4.05. The summed E-state index contributed by atoms with van der Waals surface area (Å²) in [6.07, 6.45) is 2.05. The number of hydrogen-bond acceptors (Lipinski definition) is 6. The summed E-state index contributed by atoms with van der Waals surface area (Å²) >= 11 is 12.5. The fourth-order valence-electron chi connectivity index (χ4n) is 5.70. The average Bonchev–Trinajstić information content (AvgIpc) is 3.30. The van der Waals surface area contributed by atoms with Crippen LogP contribution in [-0.4, -0.2) is 54.8 Å². The number of piperidine rings is 1. The van der Waals surface area contributed by atoms with Crippen molar-refractivity contribution in [2.75, 3.05) is 18.9 Å². The Morgan fingerprint density at radius 2 is 1.76 bits per heavy atom. The largest absolute Gasteiger partial charge is 0.490 e. The molecule has 0 aliphatic carbocycles. The van der Waals surface area contributed by atoms with Gasteiger partial charge in [-0.3, -0.25) is 4.79 Å². The number of nitrogens with zero attached hydrogens (tertiary/aromatic N) is 2. The topological polar surface area (TPSA) is 107 Å². The van der Waals surface area contributed by atoms with Gasteiger partial charge in [-0.25, -0.2) is 17.9 Å². The number of fused-ring (bicyclic) bond motifs is 1. The van der Waals surface area contributed by atoms with E-state index in [2.05, 4.69) is 4.72 Å². The summed E-state index contributed by atoms with van der Waals surface area (Å²) in [5.74, 6) is -0.572. The van der Waals surface area contributed by atoms with E-state index in [1.165, 1.54) is 0 Å². The van der Waals surface area contributed by atoms with Gasteiger partial charge in [0.15, 0.2) is 0 Å². The summed E-state index contributed by atoms with van der Waals surface area (Å²) in [7, 11) is -4.05. The molecule has 1 fully saturated rings. The number of likely N-dealkylation sites (tertiary alicyclic amines) is 1. The number of rotatable bonds is 11. The van der Waals surface area contributed by atoms with Crippen LogP contribution in [0.15, 0.2) is 72.8 Å². The minimum Gasteiger partial charge on any atom is -0.490 e. The lowest BCUT2D eigenvalue weighted by molar-refractivity contribution is 0.0672. The Hall–Kier alpha value is -3.73. The van der Waals surface area contributed by atoms with Crippen LogP contribution in [0.3, 0.4) is 0 Å². The molecule has 0 bridgehead atoms. The molecule has 0 spiro atoms. The van der Waals surface area contributed by atoms with Crippen molar-refractivity contribution < 1.29 is 27.5 Å². The van der Waals surface area contributed by atoms with E-state index in [-0.39, 0.29) is 43.7 Å². The van der Waals surface area contributed by atoms with Gasteiger partial charge in [-0.2, -0.15) is 0 Å². The maximum atomic E-state index is 13.6.